The molecule has 5 rings (SSSR count). The summed E-state index contributed by atoms with van der Waals surface area (Å²) in [6.07, 6.45) is 0. The summed E-state index contributed by atoms with van der Waals surface area (Å²) in [5.41, 5.74) is 3.86. The van der Waals surface area contributed by atoms with E-state index >= 15 is 0 Å². The minimum Gasteiger partial charge on any atom is -0.507 e. The fraction of sp³-hybridized carbons (Fsp3) is 0.0323. The summed E-state index contributed by atoms with van der Waals surface area (Å²) in [5.74, 6) is 3.32. The molecule has 0 fully saturated rings. The molecule has 0 spiro atoms. The number of hydrogen-bond donors (Lipinski definition) is 1. The molecule has 0 atom stereocenters. The van der Waals surface area contributed by atoms with Crippen LogP contribution in [0.2, 0.25) is 0 Å². The third kappa shape index (κ3) is 4.43. The van der Waals surface area contributed by atoms with E-state index in [1.807, 2.05) is 67.6 Å². The van der Waals surface area contributed by atoms with E-state index < -0.39 is 10.0 Å². The topological polar surface area (TPSA) is 57.6 Å². The highest BCUT2D eigenvalue weighted by molar-refractivity contribution is 7.93. The number of benzene rings is 5. The molecule has 0 saturated heterocycles. The van der Waals surface area contributed by atoms with Crippen molar-refractivity contribution in [1.82, 2.24) is 0 Å². The minimum atomic E-state index is -3.93. The molecule has 176 valence electrons. The van der Waals surface area contributed by atoms with Crippen LogP contribution < -0.4 is 4.31 Å². The number of anilines is 1. The lowest BCUT2D eigenvalue weighted by Crippen LogP contribution is -2.26. The highest BCUT2D eigenvalue weighted by Crippen LogP contribution is 2.35. The van der Waals surface area contributed by atoms with Gasteiger partial charge in [-0.1, -0.05) is 84.4 Å². The zero-order chi connectivity index (χ0) is 25.1. The first-order chi connectivity index (χ1) is 17.4. The van der Waals surface area contributed by atoms with E-state index in [0.717, 1.165) is 31.8 Å². The van der Waals surface area contributed by atoms with Crippen LogP contribution in [-0.2, 0) is 10.0 Å². The van der Waals surface area contributed by atoms with Crippen LogP contribution in [0.1, 0.15) is 11.1 Å². The Morgan fingerprint density at radius 3 is 2.06 bits per heavy atom. The number of hydrogen-bond acceptors (Lipinski definition) is 3. The smallest absolute Gasteiger partial charge is 0.275 e. The first kappa shape index (κ1) is 23.2. The van der Waals surface area contributed by atoms with Gasteiger partial charge < -0.3 is 5.11 Å². The lowest BCUT2D eigenvalue weighted by Gasteiger charge is -2.18. The summed E-state index contributed by atoms with van der Waals surface area (Å²) >= 11 is 0. The lowest BCUT2D eigenvalue weighted by atomic mass is 9.94. The molecule has 0 heterocycles. The van der Waals surface area contributed by atoms with Crippen molar-refractivity contribution in [2.24, 2.45) is 0 Å². The average molecular weight is 490 g/mol. The Morgan fingerprint density at radius 1 is 0.667 bits per heavy atom. The van der Waals surface area contributed by atoms with Crippen molar-refractivity contribution in [3.05, 3.63) is 126 Å². The number of aromatic hydroxyl groups is 1. The van der Waals surface area contributed by atoms with Crippen LogP contribution in [0, 0.1) is 18.9 Å². The van der Waals surface area contributed by atoms with Gasteiger partial charge in [0.15, 0.2) is 0 Å². The Kier molecular flexibility index (Phi) is 6.20. The molecule has 5 heteroatoms. The molecule has 0 saturated carbocycles. The second-order valence-electron chi connectivity index (χ2n) is 8.38. The fourth-order valence-electron chi connectivity index (χ4n) is 4.10. The predicted octanol–water partition coefficient (Wildman–Crippen LogP) is 6.73. The molecule has 5 aromatic carbocycles. The number of phenols is 1. The fourth-order valence-corrected chi connectivity index (χ4v) is 5.35. The van der Waals surface area contributed by atoms with Gasteiger partial charge in [-0.25, -0.2) is 8.42 Å². The number of fused-ring (bicyclic) bond motifs is 1. The van der Waals surface area contributed by atoms with Crippen molar-refractivity contribution in [3.63, 3.8) is 0 Å². The molecule has 1 N–H and O–H groups in total. The van der Waals surface area contributed by atoms with Gasteiger partial charge in [0, 0.05) is 17.0 Å². The molecule has 0 aliphatic carbocycles. The van der Waals surface area contributed by atoms with Crippen LogP contribution in [0.25, 0.3) is 21.9 Å². The number of para-hydroxylation sites is 1. The summed E-state index contributed by atoms with van der Waals surface area (Å²) in [7, 11) is -3.93. The van der Waals surface area contributed by atoms with Crippen molar-refractivity contribution in [2.45, 2.75) is 11.8 Å². The second kappa shape index (κ2) is 9.61. The third-order valence-electron chi connectivity index (χ3n) is 5.96. The van der Waals surface area contributed by atoms with E-state index in [2.05, 4.69) is 12.0 Å². The first-order valence-electron chi connectivity index (χ1n) is 11.4. The Labute approximate surface area is 211 Å². The van der Waals surface area contributed by atoms with Crippen LogP contribution in [0.5, 0.6) is 5.75 Å². The van der Waals surface area contributed by atoms with Gasteiger partial charge in [-0.05, 0) is 65.8 Å². The standard InChI is InChI=1S/C31H23NO3S/c1-23-15-17-26(18-16-23)36(34,35)32(25-10-3-2-4-11-25)22-21-24-9-5-6-12-27(24)29-19-20-31(33)30-14-8-7-13-28(29)30/h2-20,33H,1H3. The van der Waals surface area contributed by atoms with E-state index in [9.17, 15) is 13.5 Å². The molecule has 0 unspecified atom stereocenters. The molecule has 0 aromatic heterocycles. The van der Waals surface area contributed by atoms with Crippen molar-refractivity contribution in [1.29, 1.82) is 0 Å². The second-order valence-corrected chi connectivity index (χ2v) is 10.2. The van der Waals surface area contributed by atoms with Crippen LogP contribution in [0.15, 0.2) is 120 Å². The van der Waals surface area contributed by atoms with E-state index in [4.69, 9.17) is 0 Å². The zero-order valence-corrected chi connectivity index (χ0v) is 20.4. The van der Waals surface area contributed by atoms with Crippen LogP contribution >= 0.6 is 0 Å². The Balaban J connectivity index is 1.66. The van der Waals surface area contributed by atoms with Gasteiger partial charge in [0.1, 0.15) is 5.75 Å². The molecule has 36 heavy (non-hydrogen) atoms. The number of aryl methyl sites for hydroxylation is 1. The van der Waals surface area contributed by atoms with Gasteiger partial charge in [0.25, 0.3) is 10.0 Å². The molecule has 0 radical (unpaired) electrons. The molecule has 5 aromatic rings. The molecular formula is C31H23NO3S. The molecule has 0 aliphatic heterocycles. The Morgan fingerprint density at radius 2 is 1.31 bits per heavy atom. The molecule has 0 aliphatic rings. The summed E-state index contributed by atoms with van der Waals surface area (Å²) in [6.45, 7) is 1.91. The van der Waals surface area contributed by atoms with Crippen LogP contribution in [0.4, 0.5) is 5.69 Å². The highest BCUT2D eigenvalue weighted by atomic mass is 32.2. The monoisotopic (exact) mass is 489 g/mol. The minimum absolute atomic E-state index is 0.170. The highest BCUT2D eigenvalue weighted by Gasteiger charge is 2.24. The van der Waals surface area contributed by atoms with Crippen LogP contribution in [0.3, 0.4) is 0 Å². The van der Waals surface area contributed by atoms with Gasteiger partial charge in [-0.15, -0.1) is 0 Å². The van der Waals surface area contributed by atoms with Crippen molar-refractivity contribution >= 4 is 26.5 Å². The van der Waals surface area contributed by atoms with Gasteiger partial charge in [-0.2, -0.15) is 4.31 Å². The molecule has 0 amide bonds. The van der Waals surface area contributed by atoms with E-state index in [1.54, 1.807) is 54.6 Å². The summed E-state index contributed by atoms with van der Waals surface area (Å²) in [4.78, 5) is 0.170. The molecular weight excluding hydrogens is 466 g/mol. The summed E-state index contributed by atoms with van der Waals surface area (Å²) in [5, 5.41) is 12.0. The quantitative estimate of drug-likeness (QED) is 0.225. The maximum atomic E-state index is 13.6. The molecule has 4 nitrogen and oxygen atoms in total. The van der Waals surface area contributed by atoms with Crippen molar-refractivity contribution in [2.75, 3.05) is 4.31 Å². The van der Waals surface area contributed by atoms with E-state index in [1.165, 1.54) is 0 Å². The Bertz CT molecular complexity index is 1720. The third-order valence-corrected chi connectivity index (χ3v) is 7.61. The maximum Gasteiger partial charge on any atom is 0.275 e. The summed E-state index contributed by atoms with van der Waals surface area (Å²) < 4.78 is 28.4. The van der Waals surface area contributed by atoms with Crippen LogP contribution in [-0.4, -0.2) is 13.5 Å². The van der Waals surface area contributed by atoms with E-state index in [-0.39, 0.29) is 10.6 Å². The normalized spacial score (nSPS) is 11.0. The largest absolute Gasteiger partial charge is 0.507 e. The Hall–Kier alpha value is -4.53. The van der Waals surface area contributed by atoms with Gasteiger partial charge in [0.05, 0.1) is 10.6 Å². The van der Waals surface area contributed by atoms with Gasteiger partial charge >= 0.3 is 0 Å². The number of phenolic OH excluding ortho intramolecular Hbond substituents is 1. The number of nitrogens with zero attached hydrogens (tertiary/aromatic N) is 1. The van der Waals surface area contributed by atoms with Gasteiger partial charge in [0.2, 0.25) is 0 Å². The first-order valence-corrected chi connectivity index (χ1v) is 12.9. The van der Waals surface area contributed by atoms with Crippen molar-refractivity contribution < 1.29 is 13.5 Å². The van der Waals surface area contributed by atoms with Gasteiger partial charge in [-0.3, -0.25) is 0 Å². The summed E-state index contributed by atoms with van der Waals surface area (Å²) in [6, 6.07) is 37.3. The molecule has 0 bridgehead atoms. The van der Waals surface area contributed by atoms with E-state index in [0.29, 0.717) is 11.3 Å². The average Bonchev–Trinajstić information content (AvgIpc) is 2.90. The SMILES string of the molecule is Cc1ccc(S(=O)(=O)N(C#Cc2ccccc2-c2ccc(O)c3ccccc23)c2ccccc2)cc1. The maximum absolute atomic E-state index is 13.6. The predicted molar refractivity (Wildman–Crippen MR) is 145 cm³/mol. The van der Waals surface area contributed by atoms with Crippen molar-refractivity contribution in [3.8, 4) is 28.8 Å². The number of sulfonamides is 1. The number of rotatable bonds is 4. The lowest BCUT2D eigenvalue weighted by molar-refractivity contribution is 0.481. The zero-order valence-electron chi connectivity index (χ0n) is 19.6.